The van der Waals surface area contributed by atoms with E-state index in [1.165, 1.54) is 4.88 Å². The Morgan fingerprint density at radius 2 is 1.94 bits per heavy atom. The Bertz CT molecular complexity index is 505. The van der Waals surface area contributed by atoms with Gasteiger partial charge in [-0.25, -0.2) is 4.98 Å². The van der Waals surface area contributed by atoms with Crippen molar-refractivity contribution in [2.75, 3.05) is 0 Å². The number of aromatic nitrogens is 1. The highest BCUT2D eigenvalue weighted by Crippen LogP contribution is 2.32. The molecule has 0 amide bonds. The van der Waals surface area contributed by atoms with Crippen LogP contribution in [0.1, 0.15) is 24.6 Å². The molecule has 84 valence electrons. The zero-order chi connectivity index (χ0) is 11.7. The van der Waals surface area contributed by atoms with Gasteiger partial charge >= 0.3 is 0 Å². The van der Waals surface area contributed by atoms with Crippen molar-refractivity contribution in [2.24, 2.45) is 0 Å². The van der Waals surface area contributed by atoms with Crippen LogP contribution in [0.5, 0.6) is 0 Å². The molecule has 2 aromatic rings. The third-order valence-corrected chi connectivity index (χ3v) is 4.35. The maximum atomic E-state index is 5.98. The molecule has 0 aliphatic rings. The fraction of sp³-hybridized carbons (Fsp3) is 0.250. The summed E-state index contributed by atoms with van der Waals surface area (Å²) in [6.07, 6.45) is 1.92. The molecule has 16 heavy (non-hydrogen) atoms. The Morgan fingerprint density at radius 1 is 1.19 bits per heavy atom. The quantitative estimate of drug-likeness (QED) is 0.728. The van der Waals surface area contributed by atoms with Gasteiger partial charge in [0, 0.05) is 16.6 Å². The largest absolute Gasteiger partial charge is 0.244 e. The van der Waals surface area contributed by atoms with Crippen LogP contribution in [0.4, 0.5) is 0 Å². The summed E-state index contributed by atoms with van der Waals surface area (Å²) in [5, 5.41) is 2.13. The predicted molar refractivity (Wildman–Crippen MR) is 71.7 cm³/mol. The second-order valence-electron chi connectivity index (χ2n) is 3.85. The fourth-order valence-electron chi connectivity index (χ4n) is 1.32. The van der Waals surface area contributed by atoms with Gasteiger partial charge in [0.1, 0.15) is 5.01 Å². The molecule has 0 aliphatic carbocycles. The highest BCUT2D eigenvalue weighted by Gasteiger charge is 2.08. The maximum absolute atomic E-state index is 5.98. The molecule has 1 aromatic heterocycles. The van der Waals surface area contributed by atoms with Gasteiger partial charge in [-0.15, -0.1) is 11.3 Å². The average Bonchev–Trinajstić information content (AvgIpc) is 2.71. The van der Waals surface area contributed by atoms with E-state index in [0.717, 1.165) is 10.6 Å². The molecule has 2 rings (SSSR count). The van der Waals surface area contributed by atoms with Gasteiger partial charge in [0.2, 0.25) is 0 Å². The topological polar surface area (TPSA) is 12.9 Å². The minimum atomic E-state index is 0.508. The van der Waals surface area contributed by atoms with E-state index in [4.69, 9.17) is 23.2 Å². The van der Waals surface area contributed by atoms with Gasteiger partial charge in [-0.2, -0.15) is 0 Å². The Morgan fingerprint density at radius 3 is 2.50 bits per heavy atom. The Balaban J connectivity index is 2.39. The lowest BCUT2D eigenvalue weighted by Gasteiger charge is -1.99. The van der Waals surface area contributed by atoms with Crippen molar-refractivity contribution < 1.29 is 0 Å². The van der Waals surface area contributed by atoms with Crippen molar-refractivity contribution >= 4 is 34.5 Å². The molecule has 0 fully saturated rings. The maximum Gasteiger partial charge on any atom is 0.123 e. The standard InChI is InChI=1S/C12H11Cl2NS/c1-7(2)11-6-15-12(16-11)8-3-4-9(13)10(14)5-8/h3-7H,1-2H3. The van der Waals surface area contributed by atoms with Crippen LogP contribution < -0.4 is 0 Å². The molecule has 0 unspecified atom stereocenters. The third-order valence-electron chi connectivity index (χ3n) is 2.26. The first kappa shape index (κ1) is 11.9. The van der Waals surface area contributed by atoms with Crippen LogP contribution in [0.25, 0.3) is 10.6 Å². The molecule has 0 N–H and O–H groups in total. The van der Waals surface area contributed by atoms with E-state index in [1.807, 2.05) is 18.3 Å². The average molecular weight is 272 g/mol. The number of benzene rings is 1. The number of rotatable bonds is 2. The highest BCUT2D eigenvalue weighted by molar-refractivity contribution is 7.15. The van der Waals surface area contributed by atoms with Crippen LogP contribution in [0.3, 0.4) is 0 Å². The molecular weight excluding hydrogens is 261 g/mol. The first-order chi connectivity index (χ1) is 7.58. The van der Waals surface area contributed by atoms with Crippen LogP contribution in [-0.2, 0) is 0 Å². The number of halogens is 2. The van der Waals surface area contributed by atoms with Crippen molar-refractivity contribution in [2.45, 2.75) is 19.8 Å². The summed E-state index contributed by atoms with van der Waals surface area (Å²) in [4.78, 5) is 5.67. The van der Waals surface area contributed by atoms with Crippen LogP contribution in [0.2, 0.25) is 10.0 Å². The van der Waals surface area contributed by atoms with E-state index in [2.05, 4.69) is 18.8 Å². The molecule has 1 heterocycles. The smallest absolute Gasteiger partial charge is 0.123 e. The Kier molecular flexibility index (Phi) is 3.53. The molecule has 0 saturated carbocycles. The summed E-state index contributed by atoms with van der Waals surface area (Å²) < 4.78 is 0. The van der Waals surface area contributed by atoms with E-state index in [0.29, 0.717) is 16.0 Å². The lowest BCUT2D eigenvalue weighted by atomic mass is 10.2. The summed E-state index contributed by atoms with van der Waals surface area (Å²) in [6.45, 7) is 4.32. The molecule has 0 aliphatic heterocycles. The second kappa shape index (κ2) is 4.74. The van der Waals surface area contributed by atoms with Crippen molar-refractivity contribution in [1.29, 1.82) is 0 Å². The molecule has 0 spiro atoms. The van der Waals surface area contributed by atoms with E-state index < -0.39 is 0 Å². The van der Waals surface area contributed by atoms with Crippen molar-refractivity contribution in [1.82, 2.24) is 4.98 Å². The lowest BCUT2D eigenvalue weighted by Crippen LogP contribution is -1.77. The van der Waals surface area contributed by atoms with Crippen LogP contribution in [-0.4, -0.2) is 4.98 Å². The monoisotopic (exact) mass is 271 g/mol. The van der Waals surface area contributed by atoms with Gasteiger partial charge in [-0.3, -0.25) is 0 Å². The number of thiazole rings is 1. The molecule has 4 heteroatoms. The molecule has 0 atom stereocenters. The van der Waals surface area contributed by atoms with Crippen LogP contribution in [0.15, 0.2) is 24.4 Å². The first-order valence-electron chi connectivity index (χ1n) is 4.99. The van der Waals surface area contributed by atoms with Crippen LogP contribution >= 0.6 is 34.5 Å². The molecular formula is C12H11Cl2NS. The zero-order valence-electron chi connectivity index (χ0n) is 9.00. The fourth-order valence-corrected chi connectivity index (χ4v) is 2.53. The summed E-state index contributed by atoms with van der Waals surface area (Å²) in [5.41, 5.74) is 1.02. The lowest BCUT2D eigenvalue weighted by molar-refractivity contribution is 0.885. The molecule has 1 nitrogen and oxygen atoms in total. The number of hydrogen-bond acceptors (Lipinski definition) is 2. The molecule has 1 aromatic carbocycles. The van der Waals surface area contributed by atoms with Gasteiger partial charge in [-0.05, 0) is 18.1 Å². The molecule has 0 saturated heterocycles. The van der Waals surface area contributed by atoms with Gasteiger partial charge in [0.05, 0.1) is 10.0 Å². The normalized spacial score (nSPS) is 11.1. The Labute approximate surface area is 109 Å². The van der Waals surface area contributed by atoms with E-state index in [-0.39, 0.29) is 0 Å². The zero-order valence-corrected chi connectivity index (χ0v) is 11.3. The predicted octanol–water partition coefficient (Wildman–Crippen LogP) is 5.24. The summed E-state index contributed by atoms with van der Waals surface area (Å²) in [7, 11) is 0. The minimum Gasteiger partial charge on any atom is -0.244 e. The summed E-state index contributed by atoms with van der Waals surface area (Å²) >= 11 is 13.5. The Hall–Kier alpha value is -0.570. The SMILES string of the molecule is CC(C)c1cnc(-c2ccc(Cl)c(Cl)c2)s1. The van der Waals surface area contributed by atoms with Crippen molar-refractivity contribution in [3.63, 3.8) is 0 Å². The van der Waals surface area contributed by atoms with Gasteiger partial charge in [-0.1, -0.05) is 43.1 Å². The first-order valence-corrected chi connectivity index (χ1v) is 6.56. The number of nitrogens with zero attached hydrogens (tertiary/aromatic N) is 1. The molecule has 0 radical (unpaired) electrons. The van der Waals surface area contributed by atoms with E-state index in [9.17, 15) is 0 Å². The highest BCUT2D eigenvalue weighted by atomic mass is 35.5. The second-order valence-corrected chi connectivity index (χ2v) is 5.73. The third kappa shape index (κ3) is 2.40. The van der Waals surface area contributed by atoms with Gasteiger partial charge < -0.3 is 0 Å². The molecule has 0 bridgehead atoms. The van der Waals surface area contributed by atoms with Crippen molar-refractivity contribution in [3.05, 3.63) is 39.3 Å². The van der Waals surface area contributed by atoms with Crippen molar-refractivity contribution in [3.8, 4) is 10.6 Å². The summed E-state index contributed by atoms with van der Waals surface area (Å²) in [5.74, 6) is 0.508. The van der Waals surface area contributed by atoms with Gasteiger partial charge in [0.25, 0.3) is 0 Å². The number of hydrogen-bond donors (Lipinski definition) is 0. The summed E-state index contributed by atoms with van der Waals surface area (Å²) in [6, 6.07) is 5.60. The van der Waals surface area contributed by atoms with Crippen LogP contribution in [0, 0.1) is 0 Å². The van der Waals surface area contributed by atoms with Gasteiger partial charge in [0.15, 0.2) is 0 Å². The minimum absolute atomic E-state index is 0.508. The van der Waals surface area contributed by atoms with E-state index in [1.54, 1.807) is 17.4 Å². The van der Waals surface area contributed by atoms with E-state index >= 15 is 0 Å².